The molecule has 0 aromatic carbocycles. The molecule has 0 bridgehead atoms. The largest absolute Gasteiger partial charge is 0.380 e. The van der Waals surface area contributed by atoms with Crippen LogP contribution in [0.4, 0.5) is 0 Å². The Bertz CT molecular complexity index is 261. The molecule has 77 valence electrons. The molecule has 1 fully saturated rings. The van der Waals surface area contributed by atoms with Gasteiger partial charge in [0.2, 0.25) is 10.0 Å². The first-order valence-corrected chi connectivity index (χ1v) is 5.84. The van der Waals surface area contributed by atoms with Crippen molar-refractivity contribution in [2.75, 3.05) is 20.2 Å². The predicted molar refractivity (Wildman–Crippen MR) is 50.7 cm³/mol. The smallest absolute Gasteiger partial charge is 0.216 e. The van der Waals surface area contributed by atoms with Crippen molar-refractivity contribution in [3.8, 4) is 0 Å². The molecule has 0 aliphatic carbocycles. The van der Waals surface area contributed by atoms with Crippen LogP contribution >= 0.6 is 0 Å². The van der Waals surface area contributed by atoms with Crippen LogP contribution in [0.1, 0.15) is 13.8 Å². The second-order valence-electron chi connectivity index (χ2n) is 3.42. The maximum Gasteiger partial charge on any atom is 0.216 e. The van der Waals surface area contributed by atoms with Gasteiger partial charge in [0, 0.05) is 26.6 Å². The number of rotatable bonds is 3. The van der Waals surface area contributed by atoms with Gasteiger partial charge in [-0.05, 0) is 13.8 Å². The zero-order valence-electron chi connectivity index (χ0n) is 8.23. The third-order valence-electron chi connectivity index (χ3n) is 2.21. The van der Waals surface area contributed by atoms with Crippen LogP contribution in [0.15, 0.2) is 0 Å². The lowest BCUT2D eigenvalue weighted by Gasteiger charge is -2.18. The van der Waals surface area contributed by atoms with E-state index in [-0.39, 0.29) is 11.4 Å². The van der Waals surface area contributed by atoms with E-state index in [2.05, 4.69) is 0 Å². The molecular formula is C8H16NO3S. The molecule has 13 heavy (non-hydrogen) atoms. The number of sulfonamides is 1. The molecule has 0 amide bonds. The van der Waals surface area contributed by atoms with Crippen LogP contribution in [0, 0.1) is 6.42 Å². The van der Waals surface area contributed by atoms with Gasteiger partial charge in [-0.3, -0.25) is 0 Å². The SMILES string of the molecule is CO[C@@H]1[CH]CN(S(=O)(=O)C(C)C)C1. The van der Waals surface area contributed by atoms with E-state index in [9.17, 15) is 8.42 Å². The fraction of sp³-hybridized carbons (Fsp3) is 0.875. The number of methoxy groups -OCH3 is 1. The summed E-state index contributed by atoms with van der Waals surface area (Å²) in [6.07, 6.45) is 1.83. The van der Waals surface area contributed by atoms with E-state index in [0.29, 0.717) is 13.1 Å². The summed E-state index contributed by atoms with van der Waals surface area (Å²) in [6.45, 7) is 4.31. The Hall–Kier alpha value is -0.130. The zero-order chi connectivity index (χ0) is 10.1. The number of hydrogen-bond acceptors (Lipinski definition) is 3. The molecule has 0 saturated carbocycles. The molecule has 1 radical (unpaired) electrons. The van der Waals surface area contributed by atoms with Gasteiger partial charge in [-0.2, -0.15) is 4.31 Å². The Labute approximate surface area is 79.9 Å². The number of ether oxygens (including phenoxy) is 1. The summed E-state index contributed by atoms with van der Waals surface area (Å²) in [5, 5.41) is -0.350. The Morgan fingerprint density at radius 1 is 1.54 bits per heavy atom. The number of nitrogens with zero attached hydrogens (tertiary/aromatic N) is 1. The minimum atomic E-state index is -3.10. The van der Waals surface area contributed by atoms with Crippen LogP contribution in [0.5, 0.6) is 0 Å². The number of hydrogen-bond donors (Lipinski definition) is 0. The van der Waals surface area contributed by atoms with Gasteiger partial charge in [0.1, 0.15) is 0 Å². The minimum Gasteiger partial charge on any atom is -0.380 e. The summed E-state index contributed by atoms with van der Waals surface area (Å²) in [4.78, 5) is 0. The monoisotopic (exact) mass is 206 g/mol. The normalized spacial score (nSPS) is 25.7. The van der Waals surface area contributed by atoms with E-state index in [1.54, 1.807) is 21.0 Å². The van der Waals surface area contributed by atoms with Gasteiger partial charge in [-0.25, -0.2) is 8.42 Å². The first kappa shape index (κ1) is 10.9. The van der Waals surface area contributed by atoms with Crippen molar-refractivity contribution in [2.45, 2.75) is 25.2 Å². The maximum absolute atomic E-state index is 11.6. The molecule has 1 aliphatic rings. The van der Waals surface area contributed by atoms with E-state index in [1.165, 1.54) is 4.31 Å². The first-order chi connectivity index (χ1) is 5.98. The average Bonchev–Trinajstić information content (AvgIpc) is 2.51. The molecule has 0 aromatic heterocycles. The van der Waals surface area contributed by atoms with E-state index >= 15 is 0 Å². The second kappa shape index (κ2) is 3.94. The second-order valence-corrected chi connectivity index (χ2v) is 5.91. The molecule has 1 atom stereocenters. The Morgan fingerprint density at radius 2 is 2.15 bits per heavy atom. The van der Waals surface area contributed by atoms with Gasteiger partial charge in [0.15, 0.2) is 0 Å². The van der Waals surface area contributed by atoms with E-state index in [1.807, 2.05) is 6.42 Å². The highest BCUT2D eigenvalue weighted by molar-refractivity contribution is 7.89. The highest BCUT2D eigenvalue weighted by atomic mass is 32.2. The quantitative estimate of drug-likeness (QED) is 0.665. The molecule has 5 heteroatoms. The van der Waals surface area contributed by atoms with E-state index < -0.39 is 10.0 Å². The molecule has 0 aromatic rings. The van der Waals surface area contributed by atoms with Crippen molar-refractivity contribution in [3.63, 3.8) is 0 Å². The van der Waals surface area contributed by atoms with Gasteiger partial charge in [-0.1, -0.05) is 0 Å². The highest BCUT2D eigenvalue weighted by Gasteiger charge is 2.33. The van der Waals surface area contributed by atoms with Crippen LogP contribution in [-0.2, 0) is 14.8 Å². The third kappa shape index (κ3) is 2.21. The van der Waals surface area contributed by atoms with Crippen molar-refractivity contribution in [1.29, 1.82) is 0 Å². The zero-order valence-corrected chi connectivity index (χ0v) is 9.04. The molecule has 0 N–H and O–H groups in total. The summed E-state index contributed by atoms with van der Waals surface area (Å²) >= 11 is 0. The van der Waals surface area contributed by atoms with Crippen molar-refractivity contribution in [1.82, 2.24) is 4.31 Å². The van der Waals surface area contributed by atoms with Crippen molar-refractivity contribution < 1.29 is 13.2 Å². The summed E-state index contributed by atoms with van der Waals surface area (Å²) in [5.41, 5.74) is 0. The average molecular weight is 206 g/mol. The minimum absolute atomic E-state index is 0.0477. The summed E-state index contributed by atoms with van der Waals surface area (Å²) in [7, 11) is -1.51. The Balaban J connectivity index is 2.66. The first-order valence-electron chi connectivity index (χ1n) is 4.33. The van der Waals surface area contributed by atoms with Crippen LogP contribution < -0.4 is 0 Å². The fourth-order valence-corrected chi connectivity index (χ4v) is 2.51. The van der Waals surface area contributed by atoms with Crippen LogP contribution in [0.2, 0.25) is 0 Å². The summed E-state index contributed by atoms with van der Waals surface area (Å²) in [6, 6.07) is 0. The lowest BCUT2D eigenvalue weighted by molar-refractivity contribution is 0.136. The molecular weight excluding hydrogens is 190 g/mol. The molecule has 4 nitrogen and oxygen atoms in total. The highest BCUT2D eigenvalue weighted by Crippen LogP contribution is 2.17. The predicted octanol–water partition coefficient (Wildman–Crippen LogP) is 0.259. The standard InChI is InChI=1S/C8H16NO3S/c1-7(2)13(10,11)9-5-4-8(6-9)12-3/h4,7-8H,5-6H2,1-3H3/t8-/m1/s1. The maximum atomic E-state index is 11.6. The molecule has 1 heterocycles. The van der Waals surface area contributed by atoms with Gasteiger partial charge in [0.05, 0.1) is 11.4 Å². The lowest BCUT2D eigenvalue weighted by Crippen LogP contribution is -2.35. The lowest BCUT2D eigenvalue weighted by atomic mass is 10.3. The topological polar surface area (TPSA) is 46.6 Å². The summed E-state index contributed by atoms with van der Waals surface area (Å²) in [5.74, 6) is 0. The van der Waals surface area contributed by atoms with Crippen molar-refractivity contribution in [3.05, 3.63) is 6.42 Å². The van der Waals surface area contributed by atoms with Gasteiger partial charge in [0.25, 0.3) is 0 Å². The molecule has 1 aliphatic heterocycles. The van der Waals surface area contributed by atoms with Crippen molar-refractivity contribution in [2.24, 2.45) is 0 Å². The Kier molecular flexibility index (Phi) is 3.32. The fourth-order valence-electron chi connectivity index (χ4n) is 1.26. The molecule has 1 saturated heterocycles. The van der Waals surface area contributed by atoms with Crippen molar-refractivity contribution >= 4 is 10.0 Å². The van der Waals surface area contributed by atoms with Gasteiger partial charge < -0.3 is 4.74 Å². The third-order valence-corrected chi connectivity index (χ3v) is 4.42. The van der Waals surface area contributed by atoms with Crippen LogP contribution in [-0.4, -0.2) is 44.3 Å². The van der Waals surface area contributed by atoms with Crippen LogP contribution in [0.3, 0.4) is 0 Å². The van der Waals surface area contributed by atoms with E-state index in [0.717, 1.165) is 0 Å². The summed E-state index contributed by atoms with van der Waals surface area (Å²) < 4.78 is 29.8. The molecule has 0 spiro atoms. The van der Waals surface area contributed by atoms with Gasteiger partial charge in [-0.15, -0.1) is 0 Å². The van der Waals surface area contributed by atoms with Gasteiger partial charge >= 0.3 is 0 Å². The molecule has 0 unspecified atom stereocenters. The Morgan fingerprint density at radius 3 is 2.54 bits per heavy atom. The van der Waals surface area contributed by atoms with E-state index in [4.69, 9.17) is 4.74 Å². The molecule has 1 rings (SSSR count). The van der Waals surface area contributed by atoms with Crippen LogP contribution in [0.25, 0.3) is 0 Å².